The van der Waals surface area contributed by atoms with E-state index in [0.29, 0.717) is 5.88 Å². The van der Waals surface area contributed by atoms with Gasteiger partial charge in [-0.2, -0.15) is 5.10 Å². The molecular formula is C12H13ClN4. The Balaban J connectivity index is 2.00. The van der Waals surface area contributed by atoms with Crippen LogP contribution in [0.1, 0.15) is 29.9 Å². The van der Waals surface area contributed by atoms with Crippen molar-refractivity contribution >= 4 is 11.6 Å². The summed E-state index contributed by atoms with van der Waals surface area (Å²) in [5.74, 6) is 1.23. The average molecular weight is 249 g/mol. The molecule has 1 aliphatic carbocycles. The SMILES string of the molecule is ClCc1ccc(-n2cnc3c2CCCC3)nn1. The molecule has 0 amide bonds. The molecule has 2 heterocycles. The quantitative estimate of drug-likeness (QED) is 0.766. The maximum absolute atomic E-state index is 5.70. The van der Waals surface area contributed by atoms with Crippen LogP contribution < -0.4 is 0 Å². The lowest BCUT2D eigenvalue weighted by Crippen LogP contribution is -2.08. The van der Waals surface area contributed by atoms with Crippen LogP contribution in [-0.2, 0) is 18.7 Å². The van der Waals surface area contributed by atoms with Crippen LogP contribution in [0.4, 0.5) is 0 Å². The molecule has 1 aliphatic rings. The van der Waals surface area contributed by atoms with Crippen LogP contribution in [0.5, 0.6) is 0 Å². The molecule has 0 bridgehead atoms. The maximum Gasteiger partial charge on any atom is 0.160 e. The maximum atomic E-state index is 5.70. The van der Waals surface area contributed by atoms with Crippen molar-refractivity contribution in [2.24, 2.45) is 0 Å². The van der Waals surface area contributed by atoms with Gasteiger partial charge in [0.05, 0.1) is 17.3 Å². The van der Waals surface area contributed by atoms with E-state index in [-0.39, 0.29) is 0 Å². The Morgan fingerprint density at radius 1 is 1.18 bits per heavy atom. The van der Waals surface area contributed by atoms with Crippen LogP contribution in [0.3, 0.4) is 0 Å². The van der Waals surface area contributed by atoms with E-state index in [9.17, 15) is 0 Å². The van der Waals surface area contributed by atoms with Crippen molar-refractivity contribution in [3.63, 3.8) is 0 Å². The highest BCUT2D eigenvalue weighted by Crippen LogP contribution is 2.22. The van der Waals surface area contributed by atoms with Gasteiger partial charge < -0.3 is 0 Å². The Kier molecular flexibility index (Phi) is 2.81. The number of nitrogens with zero attached hydrogens (tertiary/aromatic N) is 4. The Hall–Kier alpha value is -1.42. The first-order valence-corrected chi connectivity index (χ1v) is 6.36. The first-order valence-electron chi connectivity index (χ1n) is 5.82. The van der Waals surface area contributed by atoms with Crippen LogP contribution in [0.15, 0.2) is 18.5 Å². The molecule has 0 N–H and O–H groups in total. The molecule has 0 saturated carbocycles. The number of fused-ring (bicyclic) bond motifs is 1. The van der Waals surface area contributed by atoms with Gasteiger partial charge in [0.15, 0.2) is 5.82 Å². The van der Waals surface area contributed by atoms with Gasteiger partial charge in [-0.15, -0.1) is 16.7 Å². The zero-order valence-corrected chi connectivity index (χ0v) is 10.2. The number of aryl methyl sites for hydroxylation is 1. The third-order valence-corrected chi connectivity index (χ3v) is 3.39. The first-order chi connectivity index (χ1) is 8.38. The number of halogens is 1. The lowest BCUT2D eigenvalue weighted by atomic mass is 10.0. The minimum atomic E-state index is 0.398. The molecule has 0 unspecified atom stereocenters. The summed E-state index contributed by atoms with van der Waals surface area (Å²) >= 11 is 5.70. The molecule has 2 aromatic heterocycles. The van der Waals surface area contributed by atoms with Crippen LogP contribution in [0.2, 0.25) is 0 Å². The smallest absolute Gasteiger partial charge is 0.160 e. The predicted octanol–water partition coefficient (Wildman–Crippen LogP) is 2.28. The minimum absolute atomic E-state index is 0.398. The van der Waals surface area contributed by atoms with Crippen molar-refractivity contribution in [1.82, 2.24) is 19.7 Å². The third kappa shape index (κ3) is 1.93. The van der Waals surface area contributed by atoms with E-state index in [2.05, 4.69) is 15.2 Å². The molecule has 0 aliphatic heterocycles. The lowest BCUT2D eigenvalue weighted by Gasteiger charge is -2.13. The zero-order valence-electron chi connectivity index (χ0n) is 9.43. The summed E-state index contributed by atoms with van der Waals surface area (Å²) in [6.07, 6.45) is 6.47. The van der Waals surface area contributed by atoms with Crippen LogP contribution >= 0.6 is 11.6 Å². The second-order valence-electron chi connectivity index (χ2n) is 4.23. The monoisotopic (exact) mass is 248 g/mol. The van der Waals surface area contributed by atoms with Gasteiger partial charge in [-0.3, -0.25) is 4.57 Å². The van der Waals surface area contributed by atoms with Crippen LogP contribution in [-0.4, -0.2) is 19.7 Å². The van der Waals surface area contributed by atoms with Gasteiger partial charge in [0.25, 0.3) is 0 Å². The van der Waals surface area contributed by atoms with Gasteiger partial charge in [-0.25, -0.2) is 4.98 Å². The second kappa shape index (κ2) is 4.45. The molecule has 17 heavy (non-hydrogen) atoms. The van der Waals surface area contributed by atoms with Crippen molar-refractivity contribution in [3.05, 3.63) is 35.5 Å². The number of hydrogen-bond donors (Lipinski definition) is 0. The Bertz CT molecular complexity index is 518. The Morgan fingerprint density at radius 3 is 2.82 bits per heavy atom. The highest BCUT2D eigenvalue weighted by Gasteiger charge is 2.16. The predicted molar refractivity (Wildman–Crippen MR) is 65.4 cm³/mol. The first kappa shape index (κ1) is 10.7. The van der Waals surface area contributed by atoms with Gasteiger partial charge in [-0.1, -0.05) is 0 Å². The molecule has 0 atom stereocenters. The molecule has 2 aromatic rings. The lowest BCUT2D eigenvalue weighted by molar-refractivity contribution is 0.652. The van der Waals surface area contributed by atoms with E-state index in [0.717, 1.165) is 24.4 Å². The fourth-order valence-electron chi connectivity index (χ4n) is 2.22. The van der Waals surface area contributed by atoms with Gasteiger partial charge in [0.1, 0.15) is 6.33 Å². The van der Waals surface area contributed by atoms with Gasteiger partial charge in [-0.05, 0) is 37.8 Å². The zero-order chi connectivity index (χ0) is 11.7. The number of rotatable bonds is 2. The van der Waals surface area contributed by atoms with Crippen molar-refractivity contribution in [2.45, 2.75) is 31.6 Å². The molecule has 0 fully saturated rings. The van der Waals surface area contributed by atoms with E-state index in [4.69, 9.17) is 11.6 Å². The largest absolute Gasteiger partial charge is 0.286 e. The molecule has 0 saturated heterocycles. The van der Waals surface area contributed by atoms with Crippen molar-refractivity contribution in [1.29, 1.82) is 0 Å². The summed E-state index contributed by atoms with van der Waals surface area (Å²) in [6, 6.07) is 3.85. The summed E-state index contributed by atoms with van der Waals surface area (Å²) in [4.78, 5) is 4.44. The van der Waals surface area contributed by atoms with E-state index in [1.165, 1.54) is 24.2 Å². The normalized spacial score (nSPS) is 14.6. The van der Waals surface area contributed by atoms with E-state index in [1.807, 2.05) is 23.0 Å². The standard InChI is InChI=1S/C12H13ClN4/c13-7-9-5-6-12(16-15-9)17-8-14-10-3-1-2-4-11(10)17/h5-6,8H,1-4,7H2. The second-order valence-corrected chi connectivity index (χ2v) is 4.50. The van der Waals surface area contributed by atoms with Crippen LogP contribution in [0, 0.1) is 0 Å². The van der Waals surface area contributed by atoms with Gasteiger partial charge in [0, 0.05) is 5.69 Å². The summed E-state index contributed by atoms with van der Waals surface area (Å²) in [5, 5.41) is 8.26. The number of imidazole rings is 1. The number of alkyl halides is 1. The average Bonchev–Trinajstić information content (AvgIpc) is 2.83. The minimum Gasteiger partial charge on any atom is -0.286 e. The Morgan fingerprint density at radius 2 is 2.06 bits per heavy atom. The highest BCUT2D eigenvalue weighted by molar-refractivity contribution is 6.16. The molecule has 4 nitrogen and oxygen atoms in total. The molecule has 0 radical (unpaired) electrons. The third-order valence-electron chi connectivity index (χ3n) is 3.12. The van der Waals surface area contributed by atoms with Crippen LogP contribution in [0.25, 0.3) is 5.82 Å². The van der Waals surface area contributed by atoms with E-state index in [1.54, 1.807) is 0 Å². The fraction of sp³-hybridized carbons (Fsp3) is 0.417. The highest BCUT2D eigenvalue weighted by atomic mass is 35.5. The summed E-state index contributed by atoms with van der Waals surface area (Å²) in [6.45, 7) is 0. The molecule has 3 rings (SSSR count). The Labute approximate surface area is 105 Å². The van der Waals surface area contributed by atoms with E-state index < -0.39 is 0 Å². The molecule has 5 heteroatoms. The number of aromatic nitrogens is 4. The molecule has 0 spiro atoms. The summed E-state index contributed by atoms with van der Waals surface area (Å²) < 4.78 is 2.04. The fourth-order valence-corrected chi connectivity index (χ4v) is 2.36. The van der Waals surface area contributed by atoms with Gasteiger partial charge >= 0.3 is 0 Å². The molecule has 0 aromatic carbocycles. The number of hydrogen-bond acceptors (Lipinski definition) is 3. The summed E-state index contributed by atoms with van der Waals surface area (Å²) in [7, 11) is 0. The van der Waals surface area contributed by atoms with Gasteiger partial charge in [0.2, 0.25) is 0 Å². The van der Waals surface area contributed by atoms with Crippen molar-refractivity contribution in [2.75, 3.05) is 0 Å². The molecule has 88 valence electrons. The molecular weight excluding hydrogens is 236 g/mol. The van der Waals surface area contributed by atoms with Crippen molar-refractivity contribution in [3.8, 4) is 5.82 Å². The topological polar surface area (TPSA) is 43.6 Å². The van der Waals surface area contributed by atoms with Crippen molar-refractivity contribution < 1.29 is 0 Å². The summed E-state index contributed by atoms with van der Waals surface area (Å²) in [5.41, 5.74) is 3.29. The van der Waals surface area contributed by atoms with E-state index >= 15 is 0 Å².